The smallest absolute Gasteiger partial charge is 0.318 e. The molecule has 1 rings (SSSR count). The van der Waals surface area contributed by atoms with Crippen molar-refractivity contribution in [2.24, 2.45) is 38.7 Å². The lowest BCUT2D eigenvalue weighted by Gasteiger charge is -2.41. The molecule has 0 unspecified atom stereocenters. The van der Waals surface area contributed by atoms with E-state index in [-0.39, 0.29) is 24.9 Å². The molecule has 1 heterocycles. The topological polar surface area (TPSA) is 250 Å². The van der Waals surface area contributed by atoms with E-state index in [1.165, 1.54) is 7.05 Å². The number of likely N-dealkylation sites (N-methyl/N-ethyl adjacent to an activating group) is 1. The molecule has 5 amide bonds. The Bertz CT molecular complexity index is 718. The Labute approximate surface area is 167 Å². The van der Waals surface area contributed by atoms with E-state index in [9.17, 15) is 19.2 Å². The Morgan fingerprint density at radius 2 is 1.97 bits per heavy atom. The fraction of sp³-hybridized carbons (Fsp3) is 0.600. The number of hydrogen-bond donors (Lipinski definition) is 7. The minimum absolute atomic E-state index is 0.0307. The van der Waals surface area contributed by atoms with Crippen molar-refractivity contribution in [2.45, 2.75) is 37.3 Å². The van der Waals surface area contributed by atoms with Crippen LogP contribution in [0, 0.1) is 0 Å². The molecular weight excluding hydrogens is 384 g/mol. The number of aliphatic imine (C=N–C) groups is 2. The average molecular weight is 412 g/mol. The Hall–Kier alpha value is -3.42. The van der Waals surface area contributed by atoms with Crippen LogP contribution in [0.2, 0.25) is 0 Å². The number of carbonyl (C=O) groups excluding carboxylic acids is 4. The van der Waals surface area contributed by atoms with Crippen molar-refractivity contribution in [3.05, 3.63) is 0 Å². The van der Waals surface area contributed by atoms with Gasteiger partial charge >= 0.3 is 6.03 Å². The first-order chi connectivity index (χ1) is 13.5. The lowest BCUT2D eigenvalue weighted by Crippen LogP contribution is -2.67. The van der Waals surface area contributed by atoms with Crippen LogP contribution in [0.15, 0.2) is 9.98 Å². The molecule has 0 spiro atoms. The quantitative estimate of drug-likeness (QED) is 0.112. The third-order valence-corrected chi connectivity index (χ3v) is 4.34. The van der Waals surface area contributed by atoms with Gasteiger partial charge < -0.3 is 33.6 Å². The van der Waals surface area contributed by atoms with Crippen molar-refractivity contribution < 1.29 is 19.2 Å². The molecule has 14 nitrogen and oxygen atoms in total. The first-order valence-corrected chi connectivity index (χ1v) is 8.76. The molecule has 0 bridgehead atoms. The monoisotopic (exact) mass is 412 g/mol. The molecule has 0 aliphatic carbocycles. The zero-order valence-electron chi connectivity index (χ0n) is 16.2. The van der Waals surface area contributed by atoms with Gasteiger partial charge in [-0.3, -0.25) is 30.0 Å². The zero-order valence-corrected chi connectivity index (χ0v) is 16.2. The number of hydrogen-bond acceptors (Lipinski definition) is 7. The lowest BCUT2D eigenvalue weighted by molar-refractivity contribution is -0.147. The van der Waals surface area contributed by atoms with Crippen LogP contribution in [-0.4, -0.2) is 72.3 Å². The van der Waals surface area contributed by atoms with Crippen LogP contribution in [0.4, 0.5) is 4.79 Å². The first kappa shape index (κ1) is 23.6. The standard InChI is InChI=1S/C15H28N10O4/c1-25(10(27)5-8(16)3-2-4-21-12(18)19)15(6-9(17)26)7-22-14(23-11(15)28)24-13(20)29/h8H,2-7,16H2,1H3,(H2,17,26)(H4,18,19,21)(H4,20,22,23,24,28,29)/t8-,15+/m1/s1. The molecule has 162 valence electrons. The van der Waals surface area contributed by atoms with Gasteiger partial charge in [0.2, 0.25) is 17.8 Å². The third-order valence-electron chi connectivity index (χ3n) is 4.34. The number of carbonyl (C=O) groups is 4. The van der Waals surface area contributed by atoms with Crippen molar-refractivity contribution >= 4 is 35.7 Å². The second-order valence-electron chi connectivity index (χ2n) is 6.65. The molecule has 0 radical (unpaired) electrons. The number of primary amides is 2. The summed E-state index contributed by atoms with van der Waals surface area (Å²) in [6, 6.07) is -1.44. The number of urea groups is 1. The molecule has 29 heavy (non-hydrogen) atoms. The van der Waals surface area contributed by atoms with E-state index in [1.807, 2.05) is 0 Å². The van der Waals surface area contributed by atoms with Crippen LogP contribution in [-0.2, 0) is 14.4 Å². The molecule has 0 saturated carbocycles. The van der Waals surface area contributed by atoms with Crippen LogP contribution in [0.1, 0.15) is 25.7 Å². The fourth-order valence-electron chi connectivity index (χ4n) is 2.80. The molecule has 0 aromatic carbocycles. The maximum Gasteiger partial charge on any atom is 0.318 e. The summed E-state index contributed by atoms with van der Waals surface area (Å²) in [4.78, 5) is 56.8. The number of nitrogens with one attached hydrogen (secondary N) is 2. The molecular formula is C15H28N10O4. The molecule has 0 aromatic heterocycles. The first-order valence-electron chi connectivity index (χ1n) is 8.76. The molecule has 0 saturated heterocycles. The Morgan fingerprint density at radius 1 is 1.31 bits per heavy atom. The van der Waals surface area contributed by atoms with Gasteiger partial charge in [-0.1, -0.05) is 0 Å². The molecule has 0 fully saturated rings. The zero-order chi connectivity index (χ0) is 22.2. The number of amides is 5. The van der Waals surface area contributed by atoms with Crippen molar-refractivity contribution in [3.63, 3.8) is 0 Å². The van der Waals surface area contributed by atoms with Crippen LogP contribution in [0.25, 0.3) is 0 Å². The van der Waals surface area contributed by atoms with E-state index in [2.05, 4.69) is 20.6 Å². The van der Waals surface area contributed by atoms with Gasteiger partial charge in [-0.15, -0.1) is 0 Å². The third kappa shape index (κ3) is 6.91. The summed E-state index contributed by atoms with van der Waals surface area (Å²) in [7, 11) is 1.36. The van der Waals surface area contributed by atoms with Gasteiger partial charge in [-0.2, -0.15) is 0 Å². The average Bonchev–Trinajstić information content (AvgIpc) is 2.59. The predicted molar refractivity (Wildman–Crippen MR) is 105 cm³/mol. The summed E-state index contributed by atoms with van der Waals surface area (Å²) in [6.45, 7) is 0.0811. The molecule has 0 aromatic rings. The van der Waals surface area contributed by atoms with Gasteiger partial charge in [0.15, 0.2) is 5.96 Å². The molecule has 14 heteroatoms. The normalized spacial score (nSPS) is 19.4. The van der Waals surface area contributed by atoms with E-state index < -0.39 is 41.8 Å². The predicted octanol–water partition coefficient (Wildman–Crippen LogP) is -4.02. The minimum Gasteiger partial charge on any atom is -0.370 e. The second kappa shape index (κ2) is 10.2. The van der Waals surface area contributed by atoms with Crippen LogP contribution in [0.3, 0.4) is 0 Å². The van der Waals surface area contributed by atoms with Gasteiger partial charge in [0.1, 0.15) is 5.54 Å². The van der Waals surface area contributed by atoms with E-state index in [0.717, 1.165) is 4.90 Å². The van der Waals surface area contributed by atoms with Crippen molar-refractivity contribution in [2.75, 3.05) is 20.1 Å². The lowest BCUT2D eigenvalue weighted by atomic mass is 9.89. The summed E-state index contributed by atoms with van der Waals surface area (Å²) < 4.78 is 0. The highest BCUT2D eigenvalue weighted by Gasteiger charge is 2.48. The van der Waals surface area contributed by atoms with E-state index in [0.29, 0.717) is 19.4 Å². The van der Waals surface area contributed by atoms with E-state index in [1.54, 1.807) is 0 Å². The highest BCUT2D eigenvalue weighted by Crippen LogP contribution is 2.23. The fourth-order valence-corrected chi connectivity index (χ4v) is 2.80. The maximum atomic E-state index is 12.7. The Balaban J connectivity index is 2.87. The summed E-state index contributed by atoms with van der Waals surface area (Å²) in [6.07, 6.45) is 0.488. The van der Waals surface area contributed by atoms with Crippen LogP contribution >= 0.6 is 0 Å². The Morgan fingerprint density at radius 3 is 2.48 bits per heavy atom. The van der Waals surface area contributed by atoms with Gasteiger partial charge in [-0.25, -0.2) is 9.79 Å². The van der Waals surface area contributed by atoms with Crippen LogP contribution in [0.5, 0.6) is 0 Å². The van der Waals surface area contributed by atoms with Gasteiger partial charge in [0.25, 0.3) is 5.91 Å². The van der Waals surface area contributed by atoms with Gasteiger partial charge in [0, 0.05) is 26.1 Å². The molecule has 2 atom stereocenters. The van der Waals surface area contributed by atoms with Crippen LogP contribution < -0.4 is 39.3 Å². The largest absolute Gasteiger partial charge is 0.370 e. The minimum atomic E-state index is -1.65. The van der Waals surface area contributed by atoms with Crippen molar-refractivity contribution in [1.82, 2.24) is 15.5 Å². The highest BCUT2D eigenvalue weighted by atomic mass is 16.2. The van der Waals surface area contributed by atoms with Crippen molar-refractivity contribution in [1.29, 1.82) is 0 Å². The highest BCUT2D eigenvalue weighted by molar-refractivity contribution is 6.10. The van der Waals surface area contributed by atoms with E-state index in [4.69, 9.17) is 28.7 Å². The maximum absolute atomic E-state index is 12.7. The summed E-state index contributed by atoms with van der Waals surface area (Å²) >= 11 is 0. The van der Waals surface area contributed by atoms with Crippen molar-refractivity contribution in [3.8, 4) is 0 Å². The SMILES string of the molecule is CN(C(=O)C[C@H](N)CCCN=C(N)N)[C@@]1(CC(N)=O)CN=C(NC(N)=O)NC1=O. The van der Waals surface area contributed by atoms with Gasteiger partial charge in [0.05, 0.1) is 13.0 Å². The number of nitrogens with zero attached hydrogens (tertiary/aromatic N) is 3. The summed E-state index contributed by atoms with van der Waals surface area (Å²) in [5.41, 5.74) is 25.1. The molecule has 12 N–H and O–H groups in total. The number of nitrogens with two attached hydrogens (primary N) is 5. The summed E-state index contributed by atoms with van der Waals surface area (Å²) in [5, 5.41) is 4.44. The Kier molecular flexibility index (Phi) is 8.32. The molecule has 1 aliphatic heterocycles. The number of rotatable bonds is 9. The second-order valence-corrected chi connectivity index (χ2v) is 6.65. The molecule has 1 aliphatic rings. The van der Waals surface area contributed by atoms with E-state index >= 15 is 0 Å². The number of guanidine groups is 2. The summed E-state index contributed by atoms with van der Waals surface area (Å²) in [5.74, 6) is -2.22. The van der Waals surface area contributed by atoms with Gasteiger partial charge in [-0.05, 0) is 12.8 Å².